The Morgan fingerprint density at radius 1 is 0.956 bits per heavy atom. The summed E-state index contributed by atoms with van der Waals surface area (Å²) in [7, 11) is 0. The van der Waals surface area contributed by atoms with Gasteiger partial charge in [-0.05, 0) is 30.0 Å². The van der Waals surface area contributed by atoms with Crippen LogP contribution >= 0.6 is 0 Å². The van der Waals surface area contributed by atoms with Crippen LogP contribution in [0.4, 0.5) is 5.82 Å². The Hall–Kier alpha value is -4.51. The van der Waals surface area contributed by atoms with E-state index < -0.39 is 5.97 Å². The molecule has 3 N–H and O–H groups in total. The zero-order chi connectivity index (χ0) is 31.9. The number of unbranched alkanes of at least 4 members (excludes halogenated alkanes) is 1. The number of hydrogen-bond acceptors (Lipinski definition) is 7. The molecule has 1 saturated heterocycles. The summed E-state index contributed by atoms with van der Waals surface area (Å²) in [6.07, 6.45) is 3.56. The molecule has 0 saturated carbocycles. The van der Waals surface area contributed by atoms with Gasteiger partial charge in [-0.15, -0.1) is 0 Å². The Morgan fingerprint density at radius 3 is 2.36 bits per heavy atom. The lowest BCUT2D eigenvalue weighted by Gasteiger charge is -2.35. The van der Waals surface area contributed by atoms with E-state index in [2.05, 4.69) is 27.4 Å². The normalized spacial score (nSPS) is 13.9. The van der Waals surface area contributed by atoms with Crippen molar-refractivity contribution in [2.45, 2.75) is 59.0 Å². The van der Waals surface area contributed by atoms with Crippen molar-refractivity contribution in [2.75, 3.05) is 45.0 Å². The molecule has 45 heavy (non-hydrogen) atoms. The number of fused-ring (bicyclic) bond motifs is 3. The molecule has 1 aliphatic rings. The average molecular weight is 614 g/mol. The van der Waals surface area contributed by atoms with E-state index in [1.807, 2.05) is 52.3 Å². The van der Waals surface area contributed by atoms with Crippen LogP contribution in [0.25, 0.3) is 21.9 Å². The van der Waals surface area contributed by atoms with Crippen LogP contribution in [0.1, 0.15) is 50.1 Å². The van der Waals surface area contributed by atoms with E-state index in [1.165, 1.54) is 0 Å². The number of nitrogen functional groups attached to an aromatic ring is 1. The van der Waals surface area contributed by atoms with Crippen LogP contribution in [0.15, 0.2) is 48.5 Å². The smallest absolute Gasteiger partial charge is 0.307 e. The number of carboxylic acid groups (broad SMARTS) is 1. The van der Waals surface area contributed by atoms with Crippen molar-refractivity contribution >= 4 is 45.5 Å². The van der Waals surface area contributed by atoms with Gasteiger partial charge in [-0.1, -0.05) is 55.8 Å². The number of imidazole rings is 1. The van der Waals surface area contributed by atoms with Gasteiger partial charge < -0.3 is 25.2 Å². The zero-order valence-electron chi connectivity index (χ0n) is 26.2. The van der Waals surface area contributed by atoms with Crippen molar-refractivity contribution in [3.63, 3.8) is 0 Å². The summed E-state index contributed by atoms with van der Waals surface area (Å²) in [5, 5.41) is 10.2. The maximum Gasteiger partial charge on any atom is 0.307 e. The fourth-order valence-electron chi connectivity index (χ4n) is 6.05. The highest BCUT2D eigenvalue weighted by Gasteiger charge is 2.24. The fourth-order valence-corrected chi connectivity index (χ4v) is 6.05. The number of hydrogen-bond donors (Lipinski definition) is 2. The Morgan fingerprint density at radius 2 is 1.67 bits per heavy atom. The molecule has 0 unspecified atom stereocenters. The molecule has 2 aromatic carbocycles. The number of carbonyl (C=O) groups is 3. The Labute approximate surface area is 263 Å². The Balaban J connectivity index is 1.36. The van der Waals surface area contributed by atoms with Crippen LogP contribution in [0, 0.1) is 0 Å². The van der Waals surface area contributed by atoms with Crippen LogP contribution in [0.5, 0.6) is 0 Å². The highest BCUT2D eigenvalue weighted by atomic mass is 16.4. The van der Waals surface area contributed by atoms with E-state index >= 15 is 0 Å². The second-order valence-corrected chi connectivity index (χ2v) is 11.8. The molecule has 0 bridgehead atoms. The van der Waals surface area contributed by atoms with Crippen molar-refractivity contribution in [1.82, 2.24) is 29.2 Å². The predicted molar refractivity (Wildman–Crippen MR) is 175 cm³/mol. The summed E-state index contributed by atoms with van der Waals surface area (Å²) in [4.78, 5) is 52.0. The highest BCUT2D eigenvalue weighted by molar-refractivity contribution is 6.06. The van der Waals surface area contributed by atoms with Gasteiger partial charge in [-0.3, -0.25) is 19.3 Å². The molecule has 238 valence electrons. The molecule has 1 fully saturated rings. The highest BCUT2D eigenvalue weighted by Crippen LogP contribution is 2.29. The van der Waals surface area contributed by atoms with Gasteiger partial charge in [0, 0.05) is 64.5 Å². The van der Waals surface area contributed by atoms with Crippen LogP contribution < -0.4 is 5.73 Å². The van der Waals surface area contributed by atoms with Crippen molar-refractivity contribution < 1.29 is 19.5 Å². The number of carboxylic acids is 1. The number of piperazine rings is 1. The number of nitrogens with zero attached hydrogens (tertiary/aromatic N) is 6. The van der Waals surface area contributed by atoms with Gasteiger partial charge in [-0.2, -0.15) is 0 Å². The number of aromatic nitrogens is 3. The maximum absolute atomic E-state index is 13.8. The van der Waals surface area contributed by atoms with Gasteiger partial charge >= 0.3 is 5.97 Å². The van der Waals surface area contributed by atoms with E-state index in [0.717, 1.165) is 58.2 Å². The lowest BCUT2D eigenvalue weighted by molar-refractivity contribution is -0.136. The molecule has 2 amide bonds. The molecule has 1 aliphatic heterocycles. The number of nitrogens with two attached hydrogens (primary N) is 1. The summed E-state index contributed by atoms with van der Waals surface area (Å²) in [6.45, 7) is 8.21. The minimum atomic E-state index is -0.875. The third kappa shape index (κ3) is 7.78. The Bertz CT molecular complexity index is 1660. The topological polar surface area (TPSA) is 138 Å². The summed E-state index contributed by atoms with van der Waals surface area (Å²) < 4.78 is 2.26. The van der Waals surface area contributed by atoms with Crippen molar-refractivity contribution in [1.29, 1.82) is 0 Å². The summed E-state index contributed by atoms with van der Waals surface area (Å²) >= 11 is 0. The van der Waals surface area contributed by atoms with E-state index in [1.54, 1.807) is 6.92 Å². The summed E-state index contributed by atoms with van der Waals surface area (Å²) in [5.74, 6) is 0.617. The monoisotopic (exact) mass is 613 g/mol. The molecule has 0 atom stereocenters. The van der Waals surface area contributed by atoms with Crippen LogP contribution in [-0.4, -0.2) is 91.4 Å². The molecule has 0 aliphatic carbocycles. The molecular weight excluding hydrogens is 570 g/mol. The first-order valence-electron chi connectivity index (χ1n) is 15.8. The summed E-state index contributed by atoms with van der Waals surface area (Å²) in [5.41, 5.74) is 10.6. The number of aryl methyl sites for hydroxylation is 2. The largest absolute Gasteiger partial charge is 0.481 e. The molecule has 2 aromatic heterocycles. The lowest BCUT2D eigenvalue weighted by atomic mass is 10.1. The fraction of sp³-hybridized carbons (Fsp3) is 0.441. The number of pyridine rings is 1. The number of benzene rings is 2. The third-order valence-electron chi connectivity index (χ3n) is 8.53. The molecular formula is C34H43N7O4. The number of para-hydroxylation sites is 1. The predicted octanol–water partition coefficient (Wildman–Crippen LogP) is 3.72. The number of carbonyl (C=O) groups excluding carboxylic acids is 2. The zero-order valence-corrected chi connectivity index (χ0v) is 26.2. The minimum absolute atomic E-state index is 0.0291. The second-order valence-electron chi connectivity index (χ2n) is 11.8. The van der Waals surface area contributed by atoms with E-state index in [9.17, 15) is 14.4 Å². The van der Waals surface area contributed by atoms with E-state index in [-0.39, 0.29) is 24.8 Å². The first-order valence-corrected chi connectivity index (χ1v) is 15.8. The van der Waals surface area contributed by atoms with Crippen LogP contribution in [-0.2, 0) is 40.3 Å². The first kappa shape index (κ1) is 31.9. The Kier molecular flexibility index (Phi) is 10.3. The van der Waals surface area contributed by atoms with Crippen LogP contribution in [0.3, 0.4) is 0 Å². The quantitative estimate of drug-likeness (QED) is 0.233. The third-order valence-corrected chi connectivity index (χ3v) is 8.53. The SMILES string of the molecule is CCCCc1nc2c(N)nc3ccccc3c2n1CCCN(Cc1ccc(CC(=O)O)cc1)C(=O)CN1CCN(C(C)=O)CC1. The van der Waals surface area contributed by atoms with Gasteiger partial charge in [0.25, 0.3) is 0 Å². The molecule has 11 nitrogen and oxygen atoms in total. The van der Waals surface area contributed by atoms with Gasteiger partial charge in [0.05, 0.1) is 24.0 Å². The molecule has 0 spiro atoms. The second kappa shape index (κ2) is 14.5. The standard InChI is InChI=1S/C34H43N7O4/c1-3-4-10-29-37-32-33(27-8-5-6-9-28(27)36-34(32)35)41(29)16-7-15-40(22-26-13-11-25(12-14-26)21-31(44)45)30(43)23-38-17-19-39(20-18-38)24(2)42/h5-6,8-9,11-14H,3-4,7,10,15-23H2,1-2H3,(H2,35,36)(H,44,45). The number of anilines is 1. The van der Waals surface area contributed by atoms with Gasteiger partial charge in [0.2, 0.25) is 11.8 Å². The van der Waals surface area contributed by atoms with Gasteiger partial charge in [-0.25, -0.2) is 9.97 Å². The maximum atomic E-state index is 13.8. The van der Waals surface area contributed by atoms with Crippen LogP contribution in [0.2, 0.25) is 0 Å². The molecule has 3 heterocycles. The molecule has 4 aromatic rings. The van der Waals surface area contributed by atoms with Gasteiger partial charge in [0.15, 0.2) is 5.82 Å². The first-order chi connectivity index (χ1) is 21.7. The lowest BCUT2D eigenvalue weighted by Crippen LogP contribution is -2.51. The van der Waals surface area contributed by atoms with Crippen molar-refractivity contribution in [3.8, 4) is 0 Å². The van der Waals surface area contributed by atoms with E-state index in [0.29, 0.717) is 58.1 Å². The molecule has 5 rings (SSSR count). The average Bonchev–Trinajstić information content (AvgIpc) is 3.39. The number of amides is 2. The van der Waals surface area contributed by atoms with Crippen molar-refractivity contribution in [3.05, 3.63) is 65.5 Å². The molecule has 11 heteroatoms. The number of aliphatic carboxylic acids is 1. The molecule has 0 radical (unpaired) electrons. The number of rotatable bonds is 13. The minimum Gasteiger partial charge on any atom is -0.481 e. The van der Waals surface area contributed by atoms with E-state index in [4.69, 9.17) is 15.8 Å². The summed E-state index contributed by atoms with van der Waals surface area (Å²) in [6, 6.07) is 15.4. The van der Waals surface area contributed by atoms with Gasteiger partial charge in [0.1, 0.15) is 11.3 Å². The van der Waals surface area contributed by atoms with Crippen molar-refractivity contribution in [2.24, 2.45) is 0 Å².